The van der Waals surface area contributed by atoms with Crippen molar-refractivity contribution in [2.24, 2.45) is 0 Å². The maximum Gasteiger partial charge on any atom is 0.339 e. The number of hydrogen-bond donors (Lipinski definition) is 2. The van der Waals surface area contributed by atoms with Crippen LogP contribution in [0.15, 0.2) is 34.7 Å². The highest BCUT2D eigenvalue weighted by molar-refractivity contribution is 5.88. The van der Waals surface area contributed by atoms with E-state index < -0.39 is 5.97 Å². The molecule has 1 aromatic carbocycles. The van der Waals surface area contributed by atoms with Gasteiger partial charge in [0, 0.05) is 6.04 Å². The number of carboxylic acids is 1. The van der Waals surface area contributed by atoms with Gasteiger partial charge in [-0.25, -0.2) is 4.79 Å². The number of aryl methyl sites for hydroxylation is 2. The Labute approximate surface area is 118 Å². The van der Waals surface area contributed by atoms with Crippen LogP contribution < -0.4 is 5.32 Å². The SMILES string of the molecule is Cc1cccc([C@H](C)NCc2cc(C(=O)O)c(C)o2)c1. The predicted octanol–water partition coefficient (Wildman–Crippen LogP) is 3.45. The standard InChI is InChI=1S/C16H19NO3/c1-10-5-4-6-13(7-10)11(2)17-9-14-8-15(16(18)19)12(3)20-14/h4-8,11,17H,9H2,1-3H3,(H,18,19)/t11-/m0/s1. The van der Waals surface area contributed by atoms with Crippen LogP contribution in [0, 0.1) is 13.8 Å². The van der Waals surface area contributed by atoms with Crippen molar-refractivity contribution in [2.75, 3.05) is 0 Å². The van der Waals surface area contributed by atoms with E-state index in [1.165, 1.54) is 11.1 Å². The molecular weight excluding hydrogens is 254 g/mol. The molecule has 0 amide bonds. The maximum atomic E-state index is 11.0. The molecule has 1 aromatic heterocycles. The number of furan rings is 1. The summed E-state index contributed by atoms with van der Waals surface area (Å²) in [7, 11) is 0. The van der Waals surface area contributed by atoms with Crippen molar-refractivity contribution >= 4 is 5.97 Å². The van der Waals surface area contributed by atoms with Crippen molar-refractivity contribution in [1.82, 2.24) is 5.32 Å². The second kappa shape index (κ2) is 5.92. The normalized spacial score (nSPS) is 12.3. The van der Waals surface area contributed by atoms with Crippen molar-refractivity contribution in [2.45, 2.75) is 33.4 Å². The average Bonchev–Trinajstić information content (AvgIpc) is 2.77. The molecule has 0 spiro atoms. The quantitative estimate of drug-likeness (QED) is 0.876. The Balaban J connectivity index is 2.01. The Morgan fingerprint density at radius 1 is 1.35 bits per heavy atom. The minimum atomic E-state index is -0.954. The van der Waals surface area contributed by atoms with Crippen LogP contribution >= 0.6 is 0 Å². The van der Waals surface area contributed by atoms with E-state index >= 15 is 0 Å². The first-order valence-electron chi connectivity index (χ1n) is 6.60. The largest absolute Gasteiger partial charge is 0.478 e. The van der Waals surface area contributed by atoms with Gasteiger partial charge in [0.1, 0.15) is 17.1 Å². The number of benzene rings is 1. The Bertz CT molecular complexity index is 616. The molecule has 0 radical (unpaired) electrons. The van der Waals surface area contributed by atoms with Gasteiger partial charge in [0.15, 0.2) is 0 Å². The molecule has 4 nitrogen and oxygen atoms in total. The third-order valence-electron chi connectivity index (χ3n) is 3.32. The minimum Gasteiger partial charge on any atom is -0.478 e. The first-order chi connectivity index (χ1) is 9.47. The van der Waals surface area contributed by atoms with E-state index in [0.717, 1.165) is 0 Å². The second-order valence-electron chi connectivity index (χ2n) is 5.00. The van der Waals surface area contributed by atoms with Crippen LogP contribution in [0.5, 0.6) is 0 Å². The first kappa shape index (κ1) is 14.3. The van der Waals surface area contributed by atoms with E-state index in [4.69, 9.17) is 9.52 Å². The summed E-state index contributed by atoms with van der Waals surface area (Å²) < 4.78 is 5.44. The van der Waals surface area contributed by atoms with Crippen LogP contribution in [-0.2, 0) is 6.54 Å². The van der Waals surface area contributed by atoms with E-state index in [9.17, 15) is 4.79 Å². The fourth-order valence-electron chi connectivity index (χ4n) is 2.15. The van der Waals surface area contributed by atoms with Gasteiger partial charge in [-0.05, 0) is 32.4 Å². The van der Waals surface area contributed by atoms with Crippen molar-refractivity contribution in [3.63, 3.8) is 0 Å². The fourth-order valence-corrected chi connectivity index (χ4v) is 2.15. The van der Waals surface area contributed by atoms with Crippen LogP contribution in [0.1, 0.15) is 46.0 Å². The zero-order valence-corrected chi connectivity index (χ0v) is 11.9. The molecular formula is C16H19NO3. The van der Waals surface area contributed by atoms with Crippen LogP contribution in [0.25, 0.3) is 0 Å². The van der Waals surface area contributed by atoms with E-state index in [1.54, 1.807) is 13.0 Å². The zero-order valence-electron chi connectivity index (χ0n) is 11.9. The molecule has 2 aromatic rings. The van der Waals surface area contributed by atoms with Crippen molar-refractivity contribution in [1.29, 1.82) is 0 Å². The predicted molar refractivity (Wildman–Crippen MR) is 76.8 cm³/mol. The summed E-state index contributed by atoms with van der Waals surface area (Å²) >= 11 is 0. The van der Waals surface area contributed by atoms with Crippen LogP contribution in [0.4, 0.5) is 0 Å². The Hall–Kier alpha value is -2.07. The zero-order chi connectivity index (χ0) is 14.7. The van der Waals surface area contributed by atoms with E-state index in [0.29, 0.717) is 18.1 Å². The average molecular weight is 273 g/mol. The van der Waals surface area contributed by atoms with E-state index in [-0.39, 0.29) is 11.6 Å². The highest BCUT2D eigenvalue weighted by Crippen LogP contribution is 2.17. The van der Waals surface area contributed by atoms with Gasteiger partial charge in [-0.15, -0.1) is 0 Å². The summed E-state index contributed by atoms with van der Waals surface area (Å²) in [5, 5.41) is 12.3. The summed E-state index contributed by atoms with van der Waals surface area (Å²) in [6.07, 6.45) is 0. The highest BCUT2D eigenvalue weighted by Gasteiger charge is 2.14. The molecule has 0 aliphatic carbocycles. The molecule has 2 rings (SSSR count). The Morgan fingerprint density at radius 2 is 2.10 bits per heavy atom. The molecule has 0 bridgehead atoms. The van der Waals surface area contributed by atoms with Gasteiger partial charge in [0.2, 0.25) is 0 Å². The van der Waals surface area contributed by atoms with Crippen LogP contribution in [0.3, 0.4) is 0 Å². The van der Waals surface area contributed by atoms with Gasteiger partial charge in [-0.3, -0.25) is 0 Å². The van der Waals surface area contributed by atoms with Gasteiger partial charge in [0.25, 0.3) is 0 Å². The summed E-state index contributed by atoms with van der Waals surface area (Å²) in [4.78, 5) is 11.0. The highest BCUT2D eigenvalue weighted by atomic mass is 16.4. The molecule has 0 aliphatic rings. The molecule has 1 atom stereocenters. The molecule has 4 heteroatoms. The smallest absolute Gasteiger partial charge is 0.339 e. The fraction of sp³-hybridized carbons (Fsp3) is 0.312. The third-order valence-corrected chi connectivity index (χ3v) is 3.32. The molecule has 2 N–H and O–H groups in total. The number of carboxylic acid groups (broad SMARTS) is 1. The molecule has 20 heavy (non-hydrogen) atoms. The third kappa shape index (κ3) is 3.27. The van der Waals surface area contributed by atoms with Crippen LogP contribution in [0.2, 0.25) is 0 Å². The number of aromatic carboxylic acids is 1. The Kier molecular flexibility index (Phi) is 4.25. The lowest BCUT2D eigenvalue weighted by Crippen LogP contribution is -2.17. The van der Waals surface area contributed by atoms with E-state index in [1.807, 2.05) is 6.07 Å². The maximum absolute atomic E-state index is 11.0. The van der Waals surface area contributed by atoms with Crippen molar-refractivity contribution in [3.05, 3.63) is 58.5 Å². The number of nitrogens with one attached hydrogen (secondary N) is 1. The monoisotopic (exact) mass is 273 g/mol. The second-order valence-corrected chi connectivity index (χ2v) is 5.00. The number of rotatable bonds is 5. The lowest BCUT2D eigenvalue weighted by molar-refractivity contribution is 0.0695. The number of hydrogen-bond acceptors (Lipinski definition) is 3. The van der Waals surface area contributed by atoms with Crippen molar-refractivity contribution < 1.29 is 14.3 Å². The lowest BCUT2D eigenvalue weighted by Gasteiger charge is -2.13. The molecule has 0 saturated carbocycles. The summed E-state index contributed by atoms with van der Waals surface area (Å²) in [6, 6.07) is 10.0. The topological polar surface area (TPSA) is 62.5 Å². The summed E-state index contributed by atoms with van der Waals surface area (Å²) in [6.45, 7) is 6.30. The lowest BCUT2D eigenvalue weighted by atomic mass is 10.1. The van der Waals surface area contributed by atoms with Gasteiger partial charge < -0.3 is 14.8 Å². The number of carbonyl (C=O) groups is 1. The van der Waals surface area contributed by atoms with E-state index in [2.05, 4.69) is 37.4 Å². The van der Waals surface area contributed by atoms with Gasteiger partial charge in [0.05, 0.1) is 6.54 Å². The summed E-state index contributed by atoms with van der Waals surface area (Å²) in [5.74, 6) is 0.126. The molecule has 1 heterocycles. The van der Waals surface area contributed by atoms with Crippen molar-refractivity contribution in [3.8, 4) is 0 Å². The molecule has 0 aliphatic heterocycles. The van der Waals surface area contributed by atoms with Crippen LogP contribution in [-0.4, -0.2) is 11.1 Å². The minimum absolute atomic E-state index is 0.175. The van der Waals surface area contributed by atoms with Gasteiger partial charge in [-0.2, -0.15) is 0 Å². The molecule has 0 saturated heterocycles. The Morgan fingerprint density at radius 3 is 2.70 bits per heavy atom. The van der Waals surface area contributed by atoms with Gasteiger partial charge in [-0.1, -0.05) is 29.8 Å². The molecule has 0 fully saturated rings. The molecule has 0 unspecified atom stereocenters. The summed E-state index contributed by atoms with van der Waals surface area (Å²) in [5.41, 5.74) is 2.65. The first-order valence-corrected chi connectivity index (χ1v) is 6.60. The van der Waals surface area contributed by atoms with Gasteiger partial charge >= 0.3 is 5.97 Å². The molecule has 106 valence electrons.